The van der Waals surface area contributed by atoms with Gasteiger partial charge in [0, 0.05) is 26.2 Å². The maximum absolute atomic E-state index is 10.3. The van der Waals surface area contributed by atoms with Crippen LogP contribution in [0.1, 0.15) is 33.1 Å². The van der Waals surface area contributed by atoms with Crippen molar-refractivity contribution in [2.75, 3.05) is 32.9 Å². The van der Waals surface area contributed by atoms with E-state index < -0.39 is 0 Å². The van der Waals surface area contributed by atoms with Crippen molar-refractivity contribution in [3.63, 3.8) is 0 Å². The number of aliphatic hydroxyl groups is 1. The van der Waals surface area contributed by atoms with E-state index in [1.54, 1.807) is 0 Å². The highest BCUT2D eigenvalue weighted by atomic mass is 16.6. The predicted octanol–water partition coefficient (Wildman–Crippen LogP) is 1.18. The molecule has 0 radical (unpaired) electrons. The van der Waals surface area contributed by atoms with E-state index in [0.717, 1.165) is 39.0 Å². The maximum Gasteiger partial charge on any atom is 0.0940 e. The Balaban J connectivity index is 1.77. The molecule has 3 unspecified atom stereocenters. The fraction of sp³-hybridized carbons (Fsp3) is 1.00. The molecule has 2 rings (SSSR count). The topological polar surface area (TPSA) is 50.7 Å². The predicted molar refractivity (Wildman–Crippen MR) is 70.6 cm³/mol. The lowest BCUT2D eigenvalue weighted by molar-refractivity contribution is -0.116. The fourth-order valence-electron chi connectivity index (χ4n) is 2.94. The monoisotopic (exact) mass is 257 g/mol. The average molecular weight is 257 g/mol. The molecule has 2 fully saturated rings. The van der Waals surface area contributed by atoms with Gasteiger partial charge in [-0.25, -0.2) is 0 Å². The van der Waals surface area contributed by atoms with Crippen molar-refractivity contribution in [1.82, 2.24) is 5.32 Å². The SMILES string of the molecule is CC(C)CNCC(O)C1CCOC2(CCOC2)C1. The van der Waals surface area contributed by atoms with Gasteiger partial charge >= 0.3 is 0 Å². The van der Waals surface area contributed by atoms with Crippen LogP contribution in [0.3, 0.4) is 0 Å². The van der Waals surface area contributed by atoms with Crippen LogP contribution in [0.5, 0.6) is 0 Å². The van der Waals surface area contributed by atoms with Gasteiger partial charge in [-0.2, -0.15) is 0 Å². The first-order valence-electron chi connectivity index (χ1n) is 7.22. The van der Waals surface area contributed by atoms with Gasteiger partial charge in [0.15, 0.2) is 0 Å². The quantitative estimate of drug-likeness (QED) is 0.776. The number of nitrogens with one attached hydrogen (secondary N) is 1. The molecule has 3 atom stereocenters. The Kier molecular flexibility index (Phi) is 5.01. The second-order valence-electron chi connectivity index (χ2n) is 6.21. The molecule has 4 nitrogen and oxygen atoms in total. The van der Waals surface area contributed by atoms with Crippen LogP contribution in [-0.2, 0) is 9.47 Å². The summed E-state index contributed by atoms with van der Waals surface area (Å²) in [4.78, 5) is 0. The highest BCUT2D eigenvalue weighted by Gasteiger charge is 2.42. The minimum Gasteiger partial charge on any atom is -0.392 e. The molecule has 0 aromatic rings. The van der Waals surface area contributed by atoms with Gasteiger partial charge in [-0.15, -0.1) is 0 Å². The van der Waals surface area contributed by atoms with Gasteiger partial charge in [0.2, 0.25) is 0 Å². The summed E-state index contributed by atoms with van der Waals surface area (Å²) in [6.07, 6.45) is 2.63. The van der Waals surface area contributed by atoms with Crippen LogP contribution in [0.15, 0.2) is 0 Å². The van der Waals surface area contributed by atoms with E-state index in [9.17, 15) is 5.11 Å². The molecule has 1 spiro atoms. The Bertz CT molecular complexity index is 251. The lowest BCUT2D eigenvalue weighted by Gasteiger charge is -2.39. The van der Waals surface area contributed by atoms with Crippen molar-refractivity contribution in [2.24, 2.45) is 11.8 Å². The highest BCUT2D eigenvalue weighted by molar-refractivity contribution is 4.92. The van der Waals surface area contributed by atoms with E-state index in [4.69, 9.17) is 9.47 Å². The van der Waals surface area contributed by atoms with Crippen LogP contribution in [0.25, 0.3) is 0 Å². The van der Waals surface area contributed by atoms with Gasteiger partial charge in [0.05, 0.1) is 18.3 Å². The second kappa shape index (κ2) is 6.33. The smallest absolute Gasteiger partial charge is 0.0940 e. The maximum atomic E-state index is 10.3. The third-order valence-corrected chi connectivity index (χ3v) is 4.05. The molecule has 0 aromatic carbocycles. The minimum absolute atomic E-state index is 0.0953. The Morgan fingerprint density at radius 2 is 2.17 bits per heavy atom. The summed E-state index contributed by atoms with van der Waals surface area (Å²) in [6, 6.07) is 0. The van der Waals surface area contributed by atoms with Crippen LogP contribution in [0.4, 0.5) is 0 Å². The molecule has 18 heavy (non-hydrogen) atoms. The number of hydrogen-bond donors (Lipinski definition) is 2. The minimum atomic E-state index is -0.259. The van der Waals surface area contributed by atoms with Crippen molar-refractivity contribution in [3.05, 3.63) is 0 Å². The summed E-state index contributed by atoms with van der Waals surface area (Å²) in [5, 5.41) is 13.6. The Morgan fingerprint density at radius 1 is 1.33 bits per heavy atom. The molecule has 2 N–H and O–H groups in total. The van der Waals surface area contributed by atoms with Crippen LogP contribution >= 0.6 is 0 Å². The number of ether oxygens (including phenoxy) is 2. The molecule has 2 saturated heterocycles. The van der Waals surface area contributed by atoms with E-state index in [2.05, 4.69) is 19.2 Å². The standard InChI is InChI=1S/C14H27NO3/c1-11(2)8-15-9-13(16)12-3-5-18-14(7-12)4-6-17-10-14/h11-13,15-16H,3-10H2,1-2H3. The first-order valence-corrected chi connectivity index (χ1v) is 7.22. The normalized spacial score (nSPS) is 34.3. The van der Waals surface area contributed by atoms with Crippen LogP contribution in [0, 0.1) is 11.8 Å². The Hall–Kier alpha value is -0.160. The number of rotatable bonds is 5. The summed E-state index contributed by atoms with van der Waals surface area (Å²) in [5.41, 5.74) is -0.0953. The van der Waals surface area contributed by atoms with Gasteiger partial charge in [-0.3, -0.25) is 0 Å². The lowest BCUT2D eigenvalue weighted by atomic mass is 9.82. The zero-order valence-electron chi connectivity index (χ0n) is 11.7. The van der Waals surface area contributed by atoms with Crippen molar-refractivity contribution >= 4 is 0 Å². The molecule has 2 aliphatic heterocycles. The Morgan fingerprint density at radius 3 is 2.83 bits per heavy atom. The zero-order chi connectivity index (χ0) is 13.0. The van der Waals surface area contributed by atoms with Gasteiger partial charge in [0.1, 0.15) is 0 Å². The Labute approximate surface area is 110 Å². The highest BCUT2D eigenvalue weighted by Crippen LogP contribution is 2.36. The molecule has 106 valence electrons. The van der Waals surface area contributed by atoms with E-state index >= 15 is 0 Å². The number of hydrogen-bond acceptors (Lipinski definition) is 4. The van der Waals surface area contributed by atoms with E-state index in [1.807, 2.05) is 0 Å². The van der Waals surface area contributed by atoms with Crippen LogP contribution in [0.2, 0.25) is 0 Å². The number of aliphatic hydroxyl groups excluding tert-OH is 1. The van der Waals surface area contributed by atoms with Crippen molar-refractivity contribution < 1.29 is 14.6 Å². The molecule has 2 heterocycles. The summed E-state index contributed by atoms with van der Waals surface area (Å²) >= 11 is 0. The van der Waals surface area contributed by atoms with Crippen molar-refractivity contribution in [1.29, 1.82) is 0 Å². The third kappa shape index (κ3) is 3.67. The third-order valence-electron chi connectivity index (χ3n) is 4.05. The van der Waals surface area contributed by atoms with Crippen LogP contribution < -0.4 is 5.32 Å². The fourth-order valence-corrected chi connectivity index (χ4v) is 2.94. The molecule has 2 aliphatic rings. The van der Waals surface area contributed by atoms with Crippen molar-refractivity contribution in [2.45, 2.75) is 44.8 Å². The van der Waals surface area contributed by atoms with Gasteiger partial charge in [-0.05, 0) is 31.2 Å². The van der Waals surface area contributed by atoms with E-state index in [-0.39, 0.29) is 11.7 Å². The zero-order valence-corrected chi connectivity index (χ0v) is 11.7. The molecule has 0 saturated carbocycles. The summed E-state index contributed by atoms with van der Waals surface area (Å²) < 4.78 is 11.3. The second-order valence-corrected chi connectivity index (χ2v) is 6.21. The molecule has 4 heteroatoms. The first-order chi connectivity index (χ1) is 8.61. The van der Waals surface area contributed by atoms with E-state index in [0.29, 0.717) is 25.0 Å². The molecule has 0 aromatic heterocycles. The largest absolute Gasteiger partial charge is 0.392 e. The van der Waals surface area contributed by atoms with Crippen molar-refractivity contribution in [3.8, 4) is 0 Å². The van der Waals surface area contributed by atoms with Gasteiger partial charge in [0.25, 0.3) is 0 Å². The van der Waals surface area contributed by atoms with E-state index in [1.165, 1.54) is 0 Å². The summed E-state index contributed by atoms with van der Waals surface area (Å²) in [5.74, 6) is 0.974. The lowest BCUT2D eigenvalue weighted by Crippen LogP contribution is -2.46. The molecular formula is C14H27NO3. The first kappa shape index (κ1) is 14.3. The summed E-state index contributed by atoms with van der Waals surface area (Å²) in [6.45, 7) is 8.28. The van der Waals surface area contributed by atoms with Crippen LogP contribution in [-0.4, -0.2) is 49.7 Å². The molecule has 0 aliphatic carbocycles. The summed E-state index contributed by atoms with van der Waals surface area (Å²) in [7, 11) is 0. The molecule has 0 bridgehead atoms. The van der Waals surface area contributed by atoms with Gasteiger partial charge < -0.3 is 19.9 Å². The van der Waals surface area contributed by atoms with Gasteiger partial charge in [-0.1, -0.05) is 13.8 Å². The molecular weight excluding hydrogens is 230 g/mol. The molecule has 0 amide bonds. The average Bonchev–Trinajstić information content (AvgIpc) is 2.76.